The van der Waals surface area contributed by atoms with E-state index in [1.807, 2.05) is 18.4 Å². The van der Waals surface area contributed by atoms with Gasteiger partial charge in [0.25, 0.3) is 0 Å². The molecule has 3 N–H and O–H groups in total. The van der Waals surface area contributed by atoms with Crippen molar-refractivity contribution >= 4 is 11.7 Å². The predicted molar refractivity (Wildman–Crippen MR) is 67.2 cm³/mol. The van der Waals surface area contributed by atoms with E-state index in [9.17, 15) is 4.79 Å². The number of nitrogens with zero attached hydrogens (tertiary/aromatic N) is 5. The molecule has 0 saturated heterocycles. The van der Waals surface area contributed by atoms with Gasteiger partial charge < -0.3 is 20.4 Å². The van der Waals surface area contributed by atoms with Gasteiger partial charge in [0.1, 0.15) is 12.2 Å². The lowest BCUT2D eigenvalue weighted by molar-refractivity contribution is -0.136. The van der Waals surface area contributed by atoms with Gasteiger partial charge in [0.2, 0.25) is 5.91 Å². The summed E-state index contributed by atoms with van der Waals surface area (Å²) in [6.07, 6.45) is 1.65. The van der Waals surface area contributed by atoms with Crippen LogP contribution in [-0.2, 0) is 17.9 Å². The summed E-state index contributed by atoms with van der Waals surface area (Å²) in [5.74, 6) is -0.0872. The van der Waals surface area contributed by atoms with Gasteiger partial charge in [-0.2, -0.15) is 0 Å². The summed E-state index contributed by atoms with van der Waals surface area (Å²) in [5.41, 5.74) is 5.62. The summed E-state index contributed by atoms with van der Waals surface area (Å²) < 4.78 is 1.91. The molecular formula is C11H18N6O2. The maximum absolute atomic E-state index is 12.5. The van der Waals surface area contributed by atoms with Crippen LogP contribution in [0.25, 0.3) is 0 Å². The monoisotopic (exact) mass is 266 g/mol. The molecule has 0 bridgehead atoms. The van der Waals surface area contributed by atoms with Gasteiger partial charge >= 0.3 is 0 Å². The van der Waals surface area contributed by atoms with E-state index in [0.717, 1.165) is 5.82 Å². The van der Waals surface area contributed by atoms with Crippen molar-refractivity contribution in [3.05, 3.63) is 12.2 Å². The minimum Gasteiger partial charge on any atom is -0.409 e. The molecule has 1 aromatic heterocycles. The number of amides is 1. The Bertz CT molecular complexity index is 495. The van der Waals surface area contributed by atoms with Crippen LogP contribution in [0.1, 0.15) is 19.7 Å². The van der Waals surface area contributed by atoms with Crippen molar-refractivity contribution < 1.29 is 10.0 Å². The third-order valence-electron chi connectivity index (χ3n) is 3.32. The molecule has 8 nitrogen and oxygen atoms in total. The first-order valence-electron chi connectivity index (χ1n) is 6.17. The molecule has 1 aromatic rings. The lowest BCUT2D eigenvalue weighted by Gasteiger charge is -2.31. The molecule has 2 heterocycles. The second-order valence-corrected chi connectivity index (χ2v) is 4.95. The van der Waals surface area contributed by atoms with Crippen LogP contribution in [0.2, 0.25) is 0 Å². The maximum Gasteiger partial charge on any atom is 0.234 e. The quantitative estimate of drug-likeness (QED) is 0.336. The lowest BCUT2D eigenvalue weighted by atomic mass is 9.93. The Morgan fingerprint density at radius 1 is 1.53 bits per heavy atom. The van der Waals surface area contributed by atoms with E-state index >= 15 is 0 Å². The Kier molecular flexibility index (Phi) is 3.68. The van der Waals surface area contributed by atoms with Crippen LogP contribution in [0.3, 0.4) is 0 Å². The topological polar surface area (TPSA) is 110 Å². The Balaban J connectivity index is 2.16. The number of aromatic nitrogens is 3. The fourth-order valence-electron chi connectivity index (χ4n) is 2.27. The number of hydrogen-bond acceptors (Lipinski definition) is 5. The second-order valence-electron chi connectivity index (χ2n) is 4.95. The van der Waals surface area contributed by atoms with Gasteiger partial charge in [-0.25, -0.2) is 0 Å². The summed E-state index contributed by atoms with van der Waals surface area (Å²) in [5, 5.41) is 19.5. The van der Waals surface area contributed by atoms with Gasteiger partial charge in [-0.3, -0.25) is 4.79 Å². The standard InChI is InChI=1S/C11H18N6O2/c1-7(2)9(10(12)15-19)11(18)16-3-4-17-6-13-14-8(17)5-16/h6-7,9,19H,3-5H2,1-2H3,(H2,12,15). The molecule has 1 atom stereocenters. The van der Waals surface area contributed by atoms with E-state index in [1.165, 1.54) is 0 Å². The van der Waals surface area contributed by atoms with Crippen molar-refractivity contribution in [1.29, 1.82) is 0 Å². The molecule has 0 aromatic carbocycles. The van der Waals surface area contributed by atoms with Gasteiger partial charge in [-0.15, -0.1) is 10.2 Å². The lowest BCUT2D eigenvalue weighted by Crippen LogP contribution is -2.47. The minimum atomic E-state index is -0.612. The van der Waals surface area contributed by atoms with E-state index in [4.69, 9.17) is 10.9 Å². The summed E-state index contributed by atoms with van der Waals surface area (Å²) in [7, 11) is 0. The van der Waals surface area contributed by atoms with Crippen LogP contribution in [0.15, 0.2) is 11.5 Å². The Labute approximate surface area is 110 Å². The highest BCUT2D eigenvalue weighted by molar-refractivity contribution is 6.02. The molecule has 19 heavy (non-hydrogen) atoms. The molecule has 0 radical (unpaired) electrons. The summed E-state index contributed by atoms with van der Waals surface area (Å²) in [6, 6.07) is 0. The van der Waals surface area contributed by atoms with Crippen molar-refractivity contribution in [2.24, 2.45) is 22.7 Å². The van der Waals surface area contributed by atoms with Gasteiger partial charge in [-0.05, 0) is 5.92 Å². The smallest absolute Gasteiger partial charge is 0.234 e. The van der Waals surface area contributed by atoms with Crippen molar-refractivity contribution in [3.8, 4) is 0 Å². The molecule has 0 fully saturated rings. The molecule has 2 rings (SSSR count). The third kappa shape index (κ3) is 2.51. The zero-order valence-corrected chi connectivity index (χ0v) is 11.0. The van der Waals surface area contributed by atoms with Crippen LogP contribution in [-0.4, -0.2) is 43.2 Å². The van der Waals surface area contributed by atoms with E-state index in [2.05, 4.69) is 15.4 Å². The fourth-order valence-corrected chi connectivity index (χ4v) is 2.27. The van der Waals surface area contributed by atoms with Crippen molar-refractivity contribution in [2.45, 2.75) is 26.9 Å². The highest BCUT2D eigenvalue weighted by Crippen LogP contribution is 2.18. The Hall–Kier alpha value is -2.12. The van der Waals surface area contributed by atoms with Gasteiger partial charge in [0.15, 0.2) is 11.7 Å². The van der Waals surface area contributed by atoms with E-state index in [-0.39, 0.29) is 17.7 Å². The Morgan fingerprint density at radius 2 is 2.26 bits per heavy atom. The van der Waals surface area contributed by atoms with Gasteiger partial charge in [0, 0.05) is 13.1 Å². The predicted octanol–water partition coefficient (Wildman–Crippen LogP) is -0.361. The van der Waals surface area contributed by atoms with Crippen LogP contribution in [0.5, 0.6) is 0 Å². The largest absolute Gasteiger partial charge is 0.409 e. The molecule has 0 saturated carbocycles. The highest BCUT2D eigenvalue weighted by atomic mass is 16.4. The summed E-state index contributed by atoms with van der Waals surface area (Å²) in [4.78, 5) is 14.1. The number of amidine groups is 1. The van der Waals surface area contributed by atoms with Gasteiger partial charge in [-0.1, -0.05) is 19.0 Å². The van der Waals surface area contributed by atoms with Gasteiger partial charge in [0.05, 0.1) is 6.54 Å². The molecule has 0 spiro atoms. The number of rotatable bonds is 3. The van der Waals surface area contributed by atoms with Crippen molar-refractivity contribution in [2.75, 3.05) is 6.54 Å². The van der Waals surface area contributed by atoms with Crippen LogP contribution in [0.4, 0.5) is 0 Å². The first-order chi connectivity index (χ1) is 9.04. The molecular weight excluding hydrogens is 248 g/mol. The molecule has 1 aliphatic heterocycles. The number of fused-ring (bicyclic) bond motifs is 1. The molecule has 1 unspecified atom stereocenters. The van der Waals surface area contributed by atoms with Crippen molar-refractivity contribution in [1.82, 2.24) is 19.7 Å². The highest BCUT2D eigenvalue weighted by Gasteiger charge is 2.32. The van der Waals surface area contributed by atoms with E-state index in [1.54, 1.807) is 11.2 Å². The number of nitrogens with two attached hydrogens (primary N) is 1. The van der Waals surface area contributed by atoms with Crippen molar-refractivity contribution in [3.63, 3.8) is 0 Å². The zero-order chi connectivity index (χ0) is 14.0. The molecule has 0 aliphatic carbocycles. The average Bonchev–Trinajstić information content (AvgIpc) is 2.85. The number of carbonyl (C=O) groups is 1. The normalized spacial score (nSPS) is 17.4. The number of carbonyl (C=O) groups excluding carboxylic acids is 1. The first kappa shape index (κ1) is 13.3. The zero-order valence-electron chi connectivity index (χ0n) is 11.0. The summed E-state index contributed by atoms with van der Waals surface area (Å²) >= 11 is 0. The average molecular weight is 266 g/mol. The second kappa shape index (κ2) is 5.25. The number of hydrogen-bond donors (Lipinski definition) is 2. The third-order valence-corrected chi connectivity index (χ3v) is 3.32. The minimum absolute atomic E-state index is 0.0387. The van der Waals surface area contributed by atoms with Crippen LogP contribution in [0, 0.1) is 11.8 Å². The van der Waals surface area contributed by atoms with Crippen LogP contribution >= 0.6 is 0 Å². The van der Waals surface area contributed by atoms with E-state index < -0.39 is 5.92 Å². The SMILES string of the molecule is CC(C)C(C(=O)N1CCn2cnnc2C1)C(N)=NO. The molecule has 8 heteroatoms. The summed E-state index contributed by atoms with van der Waals surface area (Å²) in [6.45, 7) is 5.38. The molecule has 1 amide bonds. The molecule has 1 aliphatic rings. The van der Waals surface area contributed by atoms with E-state index in [0.29, 0.717) is 19.6 Å². The first-order valence-corrected chi connectivity index (χ1v) is 6.17. The Morgan fingerprint density at radius 3 is 2.89 bits per heavy atom. The maximum atomic E-state index is 12.5. The fraction of sp³-hybridized carbons (Fsp3) is 0.636. The number of oxime groups is 1. The molecule has 104 valence electrons. The van der Waals surface area contributed by atoms with Crippen LogP contribution < -0.4 is 5.73 Å².